The highest BCUT2D eigenvalue weighted by atomic mass is 32.1. The van der Waals surface area contributed by atoms with Crippen molar-refractivity contribution in [1.29, 1.82) is 0 Å². The van der Waals surface area contributed by atoms with Crippen molar-refractivity contribution in [2.75, 3.05) is 57.4 Å². The lowest BCUT2D eigenvalue weighted by molar-refractivity contribution is -0.120. The van der Waals surface area contributed by atoms with E-state index >= 15 is 0 Å². The lowest BCUT2D eigenvalue weighted by Crippen LogP contribution is -2.36. The van der Waals surface area contributed by atoms with E-state index in [0.29, 0.717) is 18.8 Å². The fourth-order valence-electron chi connectivity index (χ4n) is 3.98. The standard InChI is InChI=1S/C26H32FN5O3S/c27-21-4-6-22(7-5-21)30-26-32(12-1-10-28-18-25(34)29-11-15-33)24(19-36-26)20-2-8-23(9-3-20)31-13-16-35-17-14-31/h2-9,19,28,33H,1,10-18H2,(H,29,34)/b30-26-. The molecular formula is C26H32FN5O3S. The number of ether oxygens (including phenoxy) is 1. The molecule has 1 amide bonds. The van der Waals surface area contributed by atoms with Gasteiger partial charge in [-0.05, 0) is 54.9 Å². The molecule has 2 heterocycles. The molecule has 10 heteroatoms. The molecule has 0 aliphatic carbocycles. The van der Waals surface area contributed by atoms with E-state index in [1.165, 1.54) is 17.8 Å². The molecule has 192 valence electrons. The number of carbonyl (C=O) groups excluding carboxylic acids is 1. The van der Waals surface area contributed by atoms with Crippen LogP contribution in [-0.2, 0) is 16.1 Å². The Bertz CT molecular complexity index is 1170. The number of carbonyl (C=O) groups is 1. The van der Waals surface area contributed by atoms with E-state index in [1.54, 1.807) is 23.5 Å². The van der Waals surface area contributed by atoms with E-state index in [4.69, 9.17) is 14.8 Å². The number of anilines is 1. The van der Waals surface area contributed by atoms with Crippen LogP contribution in [0.1, 0.15) is 6.42 Å². The summed E-state index contributed by atoms with van der Waals surface area (Å²) in [6.45, 7) is 5.03. The summed E-state index contributed by atoms with van der Waals surface area (Å²) in [5, 5.41) is 16.7. The Morgan fingerprint density at radius 2 is 1.83 bits per heavy atom. The van der Waals surface area contributed by atoms with Crippen molar-refractivity contribution in [2.24, 2.45) is 4.99 Å². The van der Waals surface area contributed by atoms with Gasteiger partial charge in [-0.1, -0.05) is 12.1 Å². The Morgan fingerprint density at radius 1 is 1.08 bits per heavy atom. The number of aromatic nitrogens is 1. The summed E-state index contributed by atoms with van der Waals surface area (Å²) in [6.07, 6.45) is 0.791. The summed E-state index contributed by atoms with van der Waals surface area (Å²) in [7, 11) is 0. The average Bonchev–Trinajstić information content (AvgIpc) is 3.31. The molecule has 3 aromatic rings. The highest BCUT2D eigenvalue weighted by Gasteiger charge is 2.13. The third-order valence-electron chi connectivity index (χ3n) is 5.84. The van der Waals surface area contributed by atoms with Crippen molar-refractivity contribution in [3.63, 3.8) is 0 Å². The number of nitrogens with zero attached hydrogens (tertiary/aromatic N) is 3. The smallest absolute Gasteiger partial charge is 0.234 e. The predicted molar refractivity (Wildman–Crippen MR) is 140 cm³/mol. The molecule has 1 aliphatic rings. The Morgan fingerprint density at radius 3 is 2.56 bits per heavy atom. The van der Waals surface area contributed by atoms with Gasteiger partial charge < -0.3 is 29.9 Å². The number of nitrogens with one attached hydrogen (secondary N) is 2. The fraction of sp³-hybridized carbons (Fsp3) is 0.385. The molecule has 1 saturated heterocycles. The van der Waals surface area contributed by atoms with Gasteiger partial charge in [0.25, 0.3) is 0 Å². The average molecular weight is 514 g/mol. The van der Waals surface area contributed by atoms with E-state index in [1.807, 2.05) is 0 Å². The number of rotatable bonds is 11. The molecule has 0 spiro atoms. The van der Waals surface area contributed by atoms with Crippen LogP contribution in [0.5, 0.6) is 0 Å². The van der Waals surface area contributed by atoms with Gasteiger partial charge in [-0.2, -0.15) is 0 Å². The van der Waals surface area contributed by atoms with Crippen molar-refractivity contribution < 1.29 is 19.0 Å². The van der Waals surface area contributed by atoms with Gasteiger partial charge in [0.05, 0.1) is 37.7 Å². The summed E-state index contributed by atoms with van der Waals surface area (Å²) in [4.78, 5) is 19.6. The Balaban J connectivity index is 1.50. The van der Waals surface area contributed by atoms with Gasteiger partial charge in [-0.3, -0.25) is 4.79 Å². The van der Waals surface area contributed by atoms with Crippen LogP contribution >= 0.6 is 11.3 Å². The summed E-state index contributed by atoms with van der Waals surface area (Å²) < 4.78 is 21.0. The van der Waals surface area contributed by atoms with Crippen LogP contribution in [-0.4, -0.2) is 68.1 Å². The van der Waals surface area contributed by atoms with Crippen molar-refractivity contribution in [2.45, 2.75) is 13.0 Å². The van der Waals surface area contributed by atoms with Crippen molar-refractivity contribution >= 4 is 28.6 Å². The normalized spacial score (nSPS) is 14.3. The Hall–Kier alpha value is -3.05. The van der Waals surface area contributed by atoms with Crippen LogP contribution < -0.4 is 20.3 Å². The van der Waals surface area contributed by atoms with Crippen LogP contribution in [0.25, 0.3) is 11.3 Å². The lowest BCUT2D eigenvalue weighted by Gasteiger charge is -2.28. The number of thiazole rings is 1. The molecule has 0 radical (unpaired) electrons. The highest BCUT2D eigenvalue weighted by Crippen LogP contribution is 2.25. The number of amides is 1. The largest absolute Gasteiger partial charge is 0.395 e. The Labute approximate surface area is 214 Å². The van der Waals surface area contributed by atoms with E-state index in [2.05, 4.69) is 49.7 Å². The molecule has 0 saturated carbocycles. The molecule has 3 N–H and O–H groups in total. The molecule has 1 aliphatic heterocycles. The summed E-state index contributed by atoms with van der Waals surface area (Å²) >= 11 is 1.55. The summed E-state index contributed by atoms with van der Waals surface area (Å²) in [5.41, 5.74) is 4.04. The maximum atomic E-state index is 13.4. The molecular weight excluding hydrogens is 481 g/mol. The molecule has 2 aromatic carbocycles. The first-order chi connectivity index (χ1) is 17.6. The predicted octanol–water partition coefficient (Wildman–Crippen LogP) is 2.51. The van der Waals surface area contributed by atoms with E-state index in [0.717, 1.165) is 48.8 Å². The SMILES string of the molecule is O=C(CNCCCn1c(-c2ccc(N3CCOCC3)cc2)cs/c1=N\c1ccc(F)cc1)NCCO. The van der Waals surface area contributed by atoms with Crippen molar-refractivity contribution in [1.82, 2.24) is 15.2 Å². The molecule has 1 aromatic heterocycles. The van der Waals surface area contributed by atoms with Crippen LogP contribution in [0.15, 0.2) is 58.9 Å². The van der Waals surface area contributed by atoms with Gasteiger partial charge in [-0.25, -0.2) is 9.38 Å². The summed E-state index contributed by atoms with van der Waals surface area (Å²) in [6, 6.07) is 14.7. The second kappa shape index (κ2) is 13.3. The zero-order chi connectivity index (χ0) is 25.2. The highest BCUT2D eigenvalue weighted by molar-refractivity contribution is 7.07. The first-order valence-electron chi connectivity index (χ1n) is 12.1. The number of aliphatic hydroxyl groups is 1. The van der Waals surface area contributed by atoms with Crippen LogP contribution in [0, 0.1) is 5.82 Å². The molecule has 36 heavy (non-hydrogen) atoms. The number of morpholine rings is 1. The van der Waals surface area contributed by atoms with Crippen LogP contribution in [0.4, 0.5) is 15.8 Å². The fourth-order valence-corrected chi connectivity index (χ4v) is 4.93. The second-order valence-electron chi connectivity index (χ2n) is 8.39. The van der Waals surface area contributed by atoms with Crippen molar-refractivity contribution in [3.05, 3.63) is 64.5 Å². The maximum Gasteiger partial charge on any atom is 0.234 e. The topological polar surface area (TPSA) is 91.1 Å². The maximum absolute atomic E-state index is 13.4. The third-order valence-corrected chi connectivity index (χ3v) is 6.71. The van der Waals surface area contributed by atoms with E-state index in [9.17, 15) is 9.18 Å². The van der Waals surface area contributed by atoms with Crippen molar-refractivity contribution in [3.8, 4) is 11.3 Å². The molecule has 0 atom stereocenters. The number of halogens is 1. The lowest BCUT2D eigenvalue weighted by atomic mass is 10.1. The van der Waals surface area contributed by atoms with Gasteiger partial charge in [0.15, 0.2) is 4.80 Å². The van der Waals surface area contributed by atoms with E-state index in [-0.39, 0.29) is 31.4 Å². The number of benzene rings is 2. The zero-order valence-electron chi connectivity index (χ0n) is 20.2. The zero-order valence-corrected chi connectivity index (χ0v) is 21.0. The number of hydrogen-bond donors (Lipinski definition) is 3. The molecule has 4 rings (SSSR count). The molecule has 1 fully saturated rings. The van der Waals surface area contributed by atoms with Crippen LogP contribution in [0.2, 0.25) is 0 Å². The van der Waals surface area contributed by atoms with Gasteiger partial charge in [0.2, 0.25) is 5.91 Å². The van der Waals surface area contributed by atoms with Gasteiger partial charge >= 0.3 is 0 Å². The van der Waals surface area contributed by atoms with Gasteiger partial charge in [0.1, 0.15) is 5.82 Å². The quantitative estimate of drug-likeness (QED) is 0.343. The van der Waals surface area contributed by atoms with E-state index < -0.39 is 0 Å². The second-order valence-corrected chi connectivity index (χ2v) is 9.23. The Kier molecular flexibility index (Phi) is 9.62. The van der Waals surface area contributed by atoms with Gasteiger partial charge in [0, 0.05) is 37.2 Å². The van der Waals surface area contributed by atoms with Crippen LogP contribution in [0.3, 0.4) is 0 Å². The van der Waals surface area contributed by atoms with Gasteiger partial charge in [-0.15, -0.1) is 11.3 Å². The minimum atomic E-state index is -0.289. The number of aliphatic hydroxyl groups excluding tert-OH is 1. The first-order valence-corrected chi connectivity index (χ1v) is 13.0. The third kappa shape index (κ3) is 7.23. The summed E-state index contributed by atoms with van der Waals surface area (Å²) in [5.74, 6) is -0.427. The monoisotopic (exact) mass is 513 g/mol. The molecule has 0 unspecified atom stereocenters. The number of hydrogen-bond acceptors (Lipinski definition) is 7. The molecule has 0 bridgehead atoms. The minimum absolute atomic E-state index is 0.0723. The minimum Gasteiger partial charge on any atom is -0.395 e. The first kappa shape index (κ1) is 26.0. The molecule has 8 nitrogen and oxygen atoms in total.